The molecule has 0 atom stereocenters. The summed E-state index contributed by atoms with van der Waals surface area (Å²) in [6, 6.07) is 6.76. The Balaban J connectivity index is 2.76. The average molecular weight is 207 g/mol. The van der Waals surface area contributed by atoms with Crippen LogP contribution in [0.4, 0.5) is 4.39 Å². The third-order valence-electron chi connectivity index (χ3n) is 1.93. The molecule has 4 heteroatoms. The predicted octanol–water partition coefficient (Wildman–Crippen LogP) is 2.92. The van der Waals surface area contributed by atoms with Gasteiger partial charge in [-0.05, 0) is 23.6 Å². The Morgan fingerprint density at radius 2 is 2.21 bits per heavy atom. The van der Waals surface area contributed by atoms with Gasteiger partial charge in [-0.1, -0.05) is 0 Å². The van der Waals surface area contributed by atoms with Gasteiger partial charge in [-0.3, -0.25) is 0 Å². The van der Waals surface area contributed by atoms with E-state index < -0.39 is 0 Å². The molecule has 2 nitrogen and oxygen atoms in total. The van der Waals surface area contributed by atoms with Crippen LogP contribution in [-0.4, -0.2) is 7.11 Å². The Morgan fingerprint density at radius 1 is 1.43 bits per heavy atom. The third-order valence-corrected chi connectivity index (χ3v) is 2.82. The van der Waals surface area contributed by atoms with Crippen LogP contribution in [0.15, 0.2) is 18.2 Å². The molecule has 0 aliphatic heterocycles. The van der Waals surface area contributed by atoms with Crippen molar-refractivity contribution in [1.82, 2.24) is 0 Å². The van der Waals surface area contributed by atoms with Crippen LogP contribution < -0.4 is 4.74 Å². The molecule has 0 N–H and O–H groups in total. The van der Waals surface area contributed by atoms with Gasteiger partial charge in [0.15, 0.2) is 5.13 Å². The molecule has 0 amide bonds. The Labute approximate surface area is 84.2 Å². The van der Waals surface area contributed by atoms with E-state index in [4.69, 9.17) is 10.00 Å². The largest absolute Gasteiger partial charge is 0.495 e. The number of nitriles is 1. The Kier molecular flexibility index (Phi) is 2.10. The molecule has 1 heterocycles. The number of ether oxygens (including phenoxy) is 1. The summed E-state index contributed by atoms with van der Waals surface area (Å²) in [7, 11) is 1.49. The predicted molar refractivity (Wildman–Crippen MR) is 53.1 cm³/mol. The van der Waals surface area contributed by atoms with Crippen molar-refractivity contribution in [2.75, 3.05) is 7.11 Å². The van der Waals surface area contributed by atoms with Crippen LogP contribution in [0.25, 0.3) is 10.1 Å². The molecule has 0 aliphatic carbocycles. The van der Waals surface area contributed by atoms with Gasteiger partial charge in [0.1, 0.15) is 11.8 Å². The van der Waals surface area contributed by atoms with Crippen molar-refractivity contribution in [2.24, 2.45) is 0 Å². The summed E-state index contributed by atoms with van der Waals surface area (Å²) in [4.78, 5) is 0. The third kappa shape index (κ3) is 1.32. The van der Waals surface area contributed by atoms with E-state index in [0.717, 1.165) is 21.4 Å². The summed E-state index contributed by atoms with van der Waals surface area (Å²) in [6.45, 7) is 0. The maximum Gasteiger partial charge on any atom is 0.177 e. The number of rotatable bonds is 1. The molecule has 0 saturated heterocycles. The highest BCUT2D eigenvalue weighted by molar-refractivity contribution is 7.17. The topological polar surface area (TPSA) is 33.0 Å². The van der Waals surface area contributed by atoms with E-state index in [1.165, 1.54) is 13.2 Å². The summed E-state index contributed by atoms with van der Waals surface area (Å²) in [5, 5.41) is 9.31. The molecule has 1 aromatic heterocycles. The van der Waals surface area contributed by atoms with Crippen LogP contribution in [0.2, 0.25) is 0 Å². The lowest BCUT2D eigenvalue weighted by molar-refractivity contribution is 0.414. The summed E-state index contributed by atoms with van der Waals surface area (Å²) in [5.41, 5.74) is 0.432. The number of hydrogen-bond donors (Lipinski definition) is 0. The van der Waals surface area contributed by atoms with Gasteiger partial charge in [0.2, 0.25) is 0 Å². The first-order valence-corrected chi connectivity index (χ1v) is 4.73. The minimum atomic E-state index is -0.253. The van der Waals surface area contributed by atoms with Crippen LogP contribution in [0.1, 0.15) is 5.56 Å². The Hall–Kier alpha value is -1.60. The molecular weight excluding hydrogens is 201 g/mol. The molecule has 0 saturated carbocycles. The monoisotopic (exact) mass is 207 g/mol. The minimum Gasteiger partial charge on any atom is -0.495 e. The standard InChI is InChI=1S/C10H6FNOS/c1-13-8-2-6-4-10(11)14-9(6)3-7(8)5-12/h2-4H,1H3. The number of halogens is 1. The van der Waals surface area contributed by atoms with Crippen LogP contribution in [-0.2, 0) is 0 Å². The molecule has 0 radical (unpaired) electrons. The van der Waals surface area contributed by atoms with E-state index in [0.29, 0.717) is 11.3 Å². The van der Waals surface area contributed by atoms with E-state index in [2.05, 4.69) is 0 Å². The second-order valence-electron chi connectivity index (χ2n) is 2.75. The lowest BCUT2D eigenvalue weighted by Crippen LogP contribution is -1.86. The van der Waals surface area contributed by atoms with Crippen molar-refractivity contribution in [3.05, 3.63) is 28.9 Å². The van der Waals surface area contributed by atoms with E-state index in [1.807, 2.05) is 6.07 Å². The summed E-state index contributed by atoms with van der Waals surface area (Å²) in [5.74, 6) is 0.484. The number of methoxy groups -OCH3 is 1. The molecule has 14 heavy (non-hydrogen) atoms. The van der Waals surface area contributed by atoms with Crippen molar-refractivity contribution >= 4 is 21.4 Å². The van der Waals surface area contributed by atoms with Gasteiger partial charge < -0.3 is 4.74 Å². The molecule has 0 fully saturated rings. The molecule has 0 aliphatic rings. The normalized spacial score (nSPS) is 10.1. The number of benzene rings is 1. The van der Waals surface area contributed by atoms with Crippen molar-refractivity contribution in [3.8, 4) is 11.8 Å². The van der Waals surface area contributed by atoms with Crippen molar-refractivity contribution in [2.45, 2.75) is 0 Å². The number of nitrogens with zero attached hydrogens (tertiary/aromatic N) is 1. The fraction of sp³-hybridized carbons (Fsp3) is 0.100. The van der Waals surface area contributed by atoms with Crippen molar-refractivity contribution in [1.29, 1.82) is 5.26 Å². The molecule has 0 unspecified atom stereocenters. The molecule has 0 spiro atoms. The van der Waals surface area contributed by atoms with Crippen LogP contribution in [0.5, 0.6) is 5.75 Å². The Morgan fingerprint density at radius 3 is 2.86 bits per heavy atom. The number of hydrogen-bond acceptors (Lipinski definition) is 3. The lowest BCUT2D eigenvalue weighted by Gasteiger charge is -2.01. The average Bonchev–Trinajstić information content (AvgIpc) is 2.54. The summed E-state index contributed by atoms with van der Waals surface area (Å²) >= 11 is 1.03. The van der Waals surface area contributed by atoms with Gasteiger partial charge in [0, 0.05) is 4.70 Å². The molecule has 2 aromatic rings. The zero-order valence-electron chi connectivity index (χ0n) is 7.37. The van der Waals surface area contributed by atoms with Gasteiger partial charge in [-0.25, -0.2) is 0 Å². The van der Waals surface area contributed by atoms with Gasteiger partial charge in [-0.2, -0.15) is 9.65 Å². The number of thiophene rings is 1. The van der Waals surface area contributed by atoms with E-state index in [1.54, 1.807) is 12.1 Å². The second-order valence-corrected chi connectivity index (χ2v) is 3.79. The number of fused-ring (bicyclic) bond motifs is 1. The molecule has 2 rings (SSSR count). The molecular formula is C10H6FNOS. The van der Waals surface area contributed by atoms with E-state index >= 15 is 0 Å². The van der Waals surface area contributed by atoms with Gasteiger partial charge >= 0.3 is 0 Å². The zero-order chi connectivity index (χ0) is 10.1. The summed E-state index contributed by atoms with van der Waals surface area (Å²) < 4.78 is 18.7. The molecule has 0 bridgehead atoms. The molecule has 70 valence electrons. The van der Waals surface area contributed by atoms with Gasteiger partial charge in [0.25, 0.3) is 0 Å². The zero-order valence-corrected chi connectivity index (χ0v) is 8.19. The van der Waals surface area contributed by atoms with E-state index in [9.17, 15) is 4.39 Å². The van der Waals surface area contributed by atoms with Gasteiger partial charge in [-0.15, -0.1) is 11.3 Å². The highest BCUT2D eigenvalue weighted by Gasteiger charge is 2.07. The first-order valence-electron chi connectivity index (χ1n) is 3.92. The van der Waals surface area contributed by atoms with Crippen LogP contribution >= 0.6 is 11.3 Å². The molecule has 1 aromatic carbocycles. The highest BCUT2D eigenvalue weighted by Crippen LogP contribution is 2.30. The van der Waals surface area contributed by atoms with Crippen molar-refractivity contribution in [3.63, 3.8) is 0 Å². The lowest BCUT2D eigenvalue weighted by atomic mass is 10.2. The van der Waals surface area contributed by atoms with E-state index in [-0.39, 0.29) is 5.13 Å². The Bertz CT molecular complexity index is 527. The first kappa shape index (κ1) is 8.97. The minimum absolute atomic E-state index is 0.253. The quantitative estimate of drug-likeness (QED) is 0.720. The highest BCUT2D eigenvalue weighted by atomic mass is 32.1. The van der Waals surface area contributed by atoms with Crippen LogP contribution in [0.3, 0.4) is 0 Å². The maximum atomic E-state index is 12.9. The smallest absolute Gasteiger partial charge is 0.177 e. The van der Waals surface area contributed by atoms with Crippen LogP contribution in [0, 0.1) is 16.5 Å². The van der Waals surface area contributed by atoms with Crippen molar-refractivity contribution < 1.29 is 9.13 Å². The first-order chi connectivity index (χ1) is 6.74. The fourth-order valence-electron chi connectivity index (χ4n) is 1.29. The second kappa shape index (κ2) is 3.28. The SMILES string of the molecule is COc1cc2cc(F)sc2cc1C#N. The fourth-order valence-corrected chi connectivity index (χ4v) is 2.10. The van der Waals surface area contributed by atoms with Gasteiger partial charge in [0.05, 0.1) is 12.7 Å². The maximum absolute atomic E-state index is 12.9. The summed E-state index contributed by atoms with van der Waals surface area (Å²) in [6.07, 6.45) is 0.